The molecule has 0 bridgehead atoms. The van der Waals surface area contributed by atoms with E-state index in [1.54, 1.807) is 6.92 Å². The van der Waals surface area contributed by atoms with Crippen molar-refractivity contribution in [3.63, 3.8) is 0 Å². The van der Waals surface area contributed by atoms with E-state index in [2.05, 4.69) is 5.32 Å². The minimum Gasteiger partial charge on any atom is -0.379 e. The van der Waals surface area contributed by atoms with Crippen molar-refractivity contribution >= 4 is 15.9 Å². The molecule has 1 heterocycles. The Balaban J connectivity index is 2.30. The summed E-state index contributed by atoms with van der Waals surface area (Å²) in [4.78, 5) is 12.0. The maximum Gasteiger partial charge on any atom is 0.254 e. The van der Waals surface area contributed by atoms with Crippen LogP contribution in [0.1, 0.15) is 30.6 Å². The van der Waals surface area contributed by atoms with Crippen molar-refractivity contribution in [2.24, 2.45) is 0 Å². The van der Waals surface area contributed by atoms with Crippen LogP contribution in [0.5, 0.6) is 0 Å². The van der Waals surface area contributed by atoms with Crippen LogP contribution in [-0.2, 0) is 14.8 Å². The number of morpholine rings is 1. The minimum absolute atomic E-state index is 0.0879. The highest BCUT2D eigenvalue weighted by molar-refractivity contribution is 7.89. The number of carbonyl (C=O) groups is 1. The lowest BCUT2D eigenvalue weighted by Gasteiger charge is -2.26. The van der Waals surface area contributed by atoms with Crippen LogP contribution in [0.25, 0.3) is 0 Å². The summed E-state index contributed by atoms with van der Waals surface area (Å²) in [5, 5.41) is 2.64. The van der Waals surface area contributed by atoms with E-state index in [4.69, 9.17) is 4.74 Å². The quantitative estimate of drug-likeness (QED) is 0.875. The molecule has 1 aromatic rings. The van der Waals surface area contributed by atoms with Gasteiger partial charge < -0.3 is 10.1 Å². The topological polar surface area (TPSA) is 75.7 Å². The van der Waals surface area contributed by atoms with Gasteiger partial charge in [-0.3, -0.25) is 4.79 Å². The first-order chi connectivity index (χ1) is 10.9. The Morgan fingerprint density at radius 1 is 1.39 bits per heavy atom. The monoisotopic (exact) mass is 344 g/mol. The number of hydrogen-bond donors (Lipinski definition) is 1. The van der Waals surface area contributed by atoms with Crippen molar-refractivity contribution in [3.8, 4) is 0 Å². The lowest BCUT2D eigenvalue weighted by atomic mass is 10.1. The standard InChI is InChI=1S/C15H21FN2O4S/c1-3-11(2)17-15(19)13-10-12(4-5-14(13)16)23(20,21)18-6-8-22-9-7-18/h4-5,10-11H,3,6-9H2,1-2H3,(H,17,19)/t11-/m1/s1. The molecule has 1 amide bonds. The van der Waals surface area contributed by atoms with E-state index in [-0.39, 0.29) is 29.6 Å². The molecule has 1 aromatic carbocycles. The van der Waals surface area contributed by atoms with Crippen LogP contribution >= 0.6 is 0 Å². The summed E-state index contributed by atoms with van der Waals surface area (Å²) >= 11 is 0. The first-order valence-corrected chi connectivity index (χ1v) is 8.98. The van der Waals surface area contributed by atoms with Gasteiger partial charge in [0.25, 0.3) is 5.91 Å². The number of amides is 1. The number of nitrogens with zero attached hydrogens (tertiary/aromatic N) is 1. The molecule has 1 fully saturated rings. The van der Waals surface area contributed by atoms with Crippen molar-refractivity contribution in [3.05, 3.63) is 29.6 Å². The van der Waals surface area contributed by atoms with Gasteiger partial charge in [0, 0.05) is 19.1 Å². The predicted octanol–water partition coefficient (Wildman–Crippen LogP) is 1.37. The average Bonchev–Trinajstić information content (AvgIpc) is 2.55. The third-order valence-electron chi connectivity index (χ3n) is 3.78. The first-order valence-electron chi connectivity index (χ1n) is 7.54. The smallest absolute Gasteiger partial charge is 0.254 e. The summed E-state index contributed by atoms with van der Waals surface area (Å²) in [6, 6.07) is 3.16. The number of sulfonamides is 1. The van der Waals surface area contributed by atoms with E-state index in [0.29, 0.717) is 19.6 Å². The lowest BCUT2D eigenvalue weighted by molar-refractivity contribution is 0.0730. The number of hydrogen-bond acceptors (Lipinski definition) is 4. The fraction of sp³-hybridized carbons (Fsp3) is 0.533. The van der Waals surface area contributed by atoms with Gasteiger partial charge in [0.05, 0.1) is 23.7 Å². The zero-order valence-electron chi connectivity index (χ0n) is 13.2. The van der Waals surface area contributed by atoms with Crippen molar-refractivity contribution in [2.75, 3.05) is 26.3 Å². The van der Waals surface area contributed by atoms with Crippen LogP contribution in [0, 0.1) is 5.82 Å². The van der Waals surface area contributed by atoms with Gasteiger partial charge in [0.15, 0.2) is 0 Å². The fourth-order valence-electron chi connectivity index (χ4n) is 2.18. The SMILES string of the molecule is CC[C@@H](C)NC(=O)c1cc(S(=O)(=O)N2CCOCC2)ccc1F. The molecule has 23 heavy (non-hydrogen) atoms. The molecule has 6 nitrogen and oxygen atoms in total. The maximum absolute atomic E-state index is 13.9. The third kappa shape index (κ3) is 4.07. The Kier molecular flexibility index (Phi) is 5.72. The van der Waals surface area contributed by atoms with E-state index in [1.807, 2.05) is 6.92 Å². The molecule has 1 N–H and O–H groups in total. The second-order valence-corrected chi connectivity index (χ2v) is 7.38. The molecular weight excluding hydrogens is 323 g/mol. The number of nitrogens with one attached hydrogen (secondary N) is 1. The highest BCUT2D eigenvalue weighted by Crippen LogP contribution is 2.20. The van der Waals surface area contributed by atoms with Crippen molar-refractivity contribution < 1.29 is 22.3 Å². The molecule has 0 spiro atoms. The second-order valence-electron chi connectivity index (χ2n) is 5.44. The van der Waals surface area contributed by atoms with Crippen LogP contribution in [0.15, 0.2) is 23.1 Å². The van der Waals surface area contributed by atoms with E-state index in [1.165, 1.54) is 10.4 Å². The highest BCUT2D eigenvalue weighted by atomic mass is 32.2. The highest BCUT2D eigenvalue weighted by Gasteiger charge is 2.28. The van der Waals surface area contributed by atoms with E-state index < -0.39 is 21.7 Å². The molecule has 0 radical (unpaired) electrons. The number of rotatable bonds is 5. The molecule has 0 aliphatic carbocycles. The molecule has 1 aliphatic heterocycles. The Hall–Kier alpha value is -1.51. The van der Waals surface area contributed by atoms with Gasteiger partial charge in [-0.2, -0.15) is 4.31 Å². The number of benzene rings is 1. The Morgan fingerprint density at radius 3 is 2.65 bits per heavy atom. The molecule has 0 aromatic heterocycles. The molecule has 1 aliphatic rings. The molecular formula is C15H21FN2O4S. The zero-order valence-corrected chi connectivity index (χ0v) is 14.0. The largest absolute Gasteiger partial charge is 0.379 e. The molecule has 0 unspecified atom stereocenters. The van der Waals surface area contributed by atoms with Crippen molar-refractivity contribution in [2.45, 2.75) is 31.2 Å². The van der Waals surface area contributed by atoms with Gasteiger partial charge in [-0.05, 0) is 31.5 Å². The fourth-order valence-corrected chi connectivity index (χ4v) is 3.61. The van der Waals surface area contributed by atoms with Gasteiger partial charge in [-0.15, -0.1) is 0 Å². The maximum atomic E-state index is 13.9. The van der Waals surface area contributed by atoms with Gasteiger partial charge in [-0.25, -0.2) is 12.8 Å². The Bertz CT molecular complexity index is 672. The number of carbonyl (C=O) groups excluding carboxylic acids is 1. The Morgan fingerprint density at radius 2 is 2.04 bits per heavy atom. The first kappa shape index (κ1) is 17.8. The molecule has 8 heteroatoms. The predicted molar refractivity (Wildman–Crippen MR) is 83.2 cm³/mol. The van der Waals surface area contributed by atoms with Gasteiger partial charge >= 0.3 is 0 Å². The average molecular weight is 344 g/mol. The van der Waals surface area contributed by atoms with Crippen LogP contribution in [0.3, 0.4) is 0 Å². The van der Waals surface area contributed by atoms with E-state index >= 15 is 0 Å². The van der Waals surface area contributed by atoms with Crippen LogP contribution in [0.4, 0.5) is 4.39 Å². The summed E-state index contributed by atoms with van der Waals surface area (Å²) in [7, 11) is -3.76. The molecule has 2 rings (SSSR count). The van der Waals surface area contributed by atoms with Crippen LogP contribution < -0.4 is 5.32 Å². The lowest BCUT2D eigenvalue weighted by Crippen LogP contribution is -2.40. The summed E-state index contributed by atoms with van der Waals surface area (Å²) in [5.74, 6) is -1.36. The summed E-state index contributed by atoms with van der Waals surface area (Å²) in [6.07, 6.45) is 0.694. The third-order valence-corrected chi connectivity index (χ3v) is 5.67. The van der Waals surface area contributed by atoms with E-state index in [0.717, 1.165) is 12.1 Å². The zero-order chi connectivity index (χ0) is 17.0. The molecule has 1 saturated heterocycles. The second kappa shape index (κ2) is 7.37. The molecule has 0 saturated carbocycles. The summed E-state index contributed by atoms with van der Waals surface area (Å²) < 4.78 is 45.5. The summed E-state index contributed by atoms with van der Waals surface area (Å²) in [6.45, 7) is 4.82. The molecule has 1 atom stereocenters. The van der Waals surface area contributed by atoms with Crippen LogP contribution in [0.2, 0.25) is 0 Å². The Labute approximate surface area is 135 Å². The number of ether oxygens (including phenoxy) is 1. The van der Waals surface area contributed by atoms with Crippen molar-refractivity contribution in [1.29, 1.82) is 0 Å². The van der Waals surface area contributed by atoms with Crippen molar-refractivity contribution in [1.82, 2.24) is 9.62 Å². The normalized spacial score (nSPS) is 17.7. The van der Waals surface area contributed by atoms with Crippen LogP contribution in [-0.4, -0.2) is 51.0 Å². The van der Waals surface area contributed by atoms with E-state index in [9.17, 15) is 17.6 Å². The molecule has 128 valence electrons. The number of halogens is 1. The minimum atomic E-state index is -3.76. The van der Waals surface area contributed by atoms with Gasteiger partial charge in [0.1, 0.15) is 5.82 Å². The van der Waals surface area contributed by atoms with Gasteiger partial charge in [-0.1, -0.05) is 6.92 Å². The van der Waals surface area contributed by atoms with Gasteiger partial charge in [0.2, 0.25) is 10.0 Å². The summed E-state index contributed by atoms with van der Waals surface area (Å²) in [5.41, 5.74) is -0.264.